The highest BCUT2D eigenvalue weighted by Crippen LogP contribution is 2.33. The number of hydrogen-bond acceptors (Lipinski definition) is 2. The first-order valence-electron chi connectivity index (χ1n) is 6.69. The van der Waals surface area contributed by atoms with Crippen LogP contribution in [0, 0.1) is 11.8 Å². The molecule has 0 heterocycles. The number of hydrogen-bond donors (Lipinski definition) is 1. The zero-order chi connectivity index (χ0) is 13.5. The lowest BCUT2D eigenvalue weighted by Gasteiger charge is -2.21. The first-order valence-corrected chi connectivity index (χ1v) is 6.69. The third-order valence-electron chi connectivity index (χ3n) is 3.51. The molecule has 102 valence electrons. The van der Waals surface area contributed by atoms with E-state index in [4.69, 9.17) is 0 Å². The van der Waals surface area contributed by atoms with Crippen molar-refractivity contribution in [1.82, 2.24) is 10.2 Å². The van der Waals surface area contributed by atoms with Crippen molar-refractivity contribution in [2.75, 3.05) is 7.05 Å². The molecule has 1 unspecified atom stereocenters. The Kier molecular flexibility index (Phi) is 5.89. The molecule has 0 spiro atoms. The van der Waals surface area contributed by atoms with Crippen LogP contribution in [0.4, 0.5) is 0 Å². The molecule has 1 N–H and O–H groups in total. The molecular weight excluding hydrogens is 228 g/mol. The van der Waals surface area contributed by atoms with Gasteiger partial charge in [0.1, 0.15) is 0 Å². The maximum Gasteiger partial charge on any atom is 0.245 e. The van der Waals surface area contributed by atoms with Crippen LogP contribution in [-0.4, -0.2) is 30.3 Å². The van der Waals surface area contributed by atoms with E-state index in [0.717, 1.165) is 19.3 Å². The summed E-state index contributed by atoms with van der Waals surface area (Å²) in [7, 11) is 1.58. The molecule has 0 aliphatic heterocycles. The molecule has 0 saturated heterocycles. The van der Waals surface area contributed by atoms with Crippen LogP contribution in [0.25, 0.3) is 0 Å². The molecule has 2 atom stereocenters. The van der Waals surface area contributed by atoms with E-state index in [9.17, 15) is 9.59 Å². The number of likely N-dealkylation sites (N-methyl/N-ethyl adjacent to an activating group) is 1. The summed E-state index contributed by atoms with van der Waals surface area (Å²) in [5.74, 6) is 1.24. The Morgan fingerprint density at radius 2 is 2.17 bits per heavy atom. The summed E-state index contributed by atoms with van der Waals surface area (Å²) < 4.78 is 0. The highest BCUT2D eigenvalue weighted by Gasteiger charge is 2.28. The van der Waals surface area contributed by atoms with Crippen molar-refractivity contribution in [1.29, 1.82) is 0 Å². The number of nitrogens with zero attached hydrogens (tertiary/aromatic N) is 1. The summed E-state index contributed by atoms with van der Waals surface area (Å²) >= 11 is 0. The second kappa shape index (κ2) is 7.19. The summed E-state index contributed by atoms with van der Waals surface area (Å²) in [4.78, 5) is 23.8. The summed E-state index contributed by atoms with van der Waals surface area (Å²) in [6.45, 7) is 4.46. The summed E-state index contributed by atoms with van der Waals surface area (Å²) in [5.41, 5.74) is 0. The number of nitrogens with one attached hydrogen (secondary N) is 1. The smallest absolute Gasteiger partial charge is 0.245 e. The van der Waals surface area contributed by atoms with E-state index in [2.05, 4.69) is 19.2 Å². The van der Waals surface area contributed by atoms with E-state index in [1.807, 2.05) is 0 Å². The maximum atomic E-state index is 11.1. The summed E-state index contributed by atoms with van der Waals surface area (Å²) in [6.07, 6.45) is 8.31. The highest BCUT2D eigenvalue weighted by molar-refractivity contribution is 5.87. The van der Waals surface area contributed by atoms with Gasteiger partial charge in [-0.15, -0.1) is 0 Å². The normalized spacial score (nSPS) is 23.6. The van der Waals surface area contributed by atoms with E-state index >= 15 is 0 Å². The van der Waals surface area contributed by atoms with Gasteiger partial charge in [0.05, 0.1) is 0 Å². The van der Waals surface area contributed by atoms with Crippen LogP contribution in [0.15, 0.2) is 12.3 Å². The van der Waals surface area contributed by atoms with Gasteiger partial charge in [0, 0.05) is 25.4 Å². The molecule has 0 aromatic rings. The van der Waals surface area contributed by atoms with Gasteiger partial charge in [0.25, 0.3) is 0 Å². The van der Waals surface area contributed by atoms with Crippen LogP contribution in [0.1, 0.15) is 39.5 Å². The lowest BCUT2D eigenvalue weighted by Crippen LogP contribution is -2.28. The van der Waals surface area contributed by atoms with Gasteiger partial charge >= 0.3 is 0 Å². The minimum atomic E-state index is -0.182. The third-order valence-corrected chi connectivity index (χ3v) is 3.51. The number of amides is 2. The Hall–Kier alpha value is -1.32. The molecule has 1 rings (SSSR count). The Labute approximate surface area is 109 Å². The van der Waals surface area contributed by atoms with E-state index in [1.54, 1.807) is 18.1 Å². The average molecular weight is 252 g/mol. The standard InChI is InChI=1S/C14H24N2O2/c1-11(2)8-12-4-5-13(9-12)16(10-17)7-6-14(18)15-3/h6-7,10-13H,4-5,8-9H2,1-3H3,(H,15,18)/b7-6-/t12-,13?/m0/s1. The van der Waals surface area contributed by atoms with Gasteiger partial charge in [0.15, 0.2) is 0 Å². The predicted octanol–water partition coefficient (Wildman–Crippen LogP) is 1.92. The van der Waals surface area contributed by atoms with E-state index in [1.165, 1.54) is 18.9 Å². The summed E-state index contributed by atoms with van der Waals surface area (Å²) in [6, 6.07) is 0.257. The molecule has 0 bridgehead atoms. The molecule has 1 aliphatic carbocycles. The maximum absolute atomic E-state index is 11.1. The van der Waals surface area contributed by atoms with Crippen molar-refractivity contribution in [3.05, 3.63) is 12.3 Å². The van der Waals surface area contributed by atoms with E-state index in [-0.39, 0.29) is 11.9 Å². The molecule has 18 heavy (non-hydrogen) atoms. The number of carbonyl (C=O) groups excluding carboxylic acids is 2. The second-order valence-corrected chi connectivity index (χ2v) is 5.45. The monoisotopic (exact) mass is 252 g/mol. The van der Waals surface area contributed by atoms with E-state index < -0.39 is 0 Å². The quantitative estimate of drug-likeness (QED) is 0.580. The molecular formula is C14H24N2O2. The van der Waals surface area contributed by atoms with Crippen molar-refractivity contribution in [3.8, 4) is 0 Å². The highest BCUT2D eigenvalue weighted by atomic mass is 16.1. The zero-order valence-corrected chi connectivity index (χ0v) is 11.6. The van der Waals surface area contributed by atoms with Gasteiger partial charge in [-0.05, 0) is 37.5 Å². The largest absolute Gasteiger partial charge is 0.356 e. The van der Waals surface area contributed by atoms with Gasteiger partial charge in [-0.2, -0.15) is 0 Å². The first kappa shape index (κ1) is 14.7. The van der Waals surface area contributed by atoms with Gasteiger partial charge in [0.2, 0.25) is 12.3 Å². The average Bonchev–Trinajstić information content (AvgIpc) is 2.77. The van der Waals surface area contributed by atoms with Gasteiger partial charge < -0.3 is 10.2 Å². The van der Waals surface area contributed by atoms with Gasteiger partial charge in [-0.3, -0.25) is 9.59 Å². The molecule has 1 fully saturated rings. The van der Waals surface area contributed by atoms with Crippen molar-refractivity contribution in [3.63, 3.8) is 0 Å². The van der Waals surface area contributed by atoms with Crippen molar-refractivity contribution >= 4 is 12.3 Å². The fourth-order valence-corrected chi connectivity index (χ4v) is 2.68. The zero-order valence-electron chi connectivity index (χ0n) is 11.6. The molecule has 4 heteroatoms. The number of carbonyl (C=O) groups is 2. The van der Waals surface area contributed by atoms with Crippen LogP contribution >= 0.6 is 0 Å². The van der Waals surface area contributed by atoms with E-state index in [0.29, 0.717) is 11.8 Å². The molecule has 0 radical (unpaired) electrons. The first-order chi connectivity index (χ1) is 8.56. The van der Waals surface area contributed by atoms with Crippen molar-refractivity contribution in [2.24, 2.45) is 11.8 Å². The molecule has 1 saturated carbocycles. The molecule has 4 nitrogen and oxygen atoms in total. The minimum Gasteiger partial charge on any atom is -0.356 e. The Morgan fingerprint density at radius 1 is 1.44 bits per heavy atom. The van der Waals surface area contributed by atoms with Crippen LogP contribution in [0.3, 0.4) is 0 Å². The fraction of sp³-hybridized carbons (Fsp3) is 0.714. The topological polar surface area (TPSA) is 49.4 Å². The van der Waals surface area contributed by atoms with Gasteiger partial charge in [-0.25, -0.2) is 0 Å². The Balaban J connectivity index is 2.50. The molecule has 2 amide bonds. The lowest BCUT2D eigenvalue weighted by molar-refractivity contribution is -0.117. The molecule has 1 aliphatic rings. The molecule has 0 aromatic heterocycles. The second-order valence-electron chi connectivity index (χ2n) is 5.45. The van der Waals surface area contributed by atoms with Crippen LogP contribution in [-0.2, 0) is 9.59 Å². The van der Waals surface area contributed by atoms with Crippen molar-refractivity contribution < 1.29 is 9.59 Å². The lowest BCUT2D eigenvalue weighted by atomic mass is 9.96. The van der Waals surface area contributed by atoms with Crippen LogP contribution < -0.4 is 5.32 Å². The predicted molar refractivity (Wildman–Crippen MR) is 71.7 cm³/mol. The number of rotatable bonds is 6. The Bertz CT molecular complexity index is 313. The van der Waals surface area contributed by atoms with Gasteiger partial charge in [-0.1, -0.05) is 13.8 Å². The Morgan fingerprint density at radius 3 is 2.72 bits per heavy atom. The SMILES string of the molecule is CNC(=O)/C=C\N(C=O)C1CC[C@@H](CC(C)C)C1. The molecule has 0 aromatic carbocycles. The van der Waals surface area contributed by atoms with Crippen LogP contribution in [0.5, 0.6) is 0 Å². The third kappa shape index (κ3) is 4.51. The fourth-order valence-electron chi connectivity index (χ4n) is 2.68. The minimum absolute atomic E-state index is 0.182. The summed E-state index contributed by atoms with van der Waals surface area (Å²) in [5, 5.41) is 2.50. The van der Waals surface area contributed by atoms with Crippen molar-refractivity contribution in [2.45, 2.75) is 45.6 Å². The van der Waals surface area contributed by atoms with Crippen LogP contribution in [0.2, 0.25) is 0 Å².